The van der Waals surface area contributed by atoms with Gasteiger partial charge in [0, 0.05) is 49.9 Å². The minimum absolute atomic E-state index is 0.910. The van der Waals surface area contributed by atoms with Crippen LogP contribution in [0.1, 0.15) is 0 Å². The van der Waals surface area contributed by atoms with Gasteiger partial charge in [0.05, 0.1) is 11.0 Å². The molecule has 0 amide bonds. The lowest BCUT2D eigenvalue weighted by atomic mass is 9.99. The van der Waals surface area contributed by atoms with Crippen molar-refractivity contribution in [1.29, 1.82) is 0 Å². The van der Waals surface area contributed by atoms with Gasteiger partial charge in [-0.1, -0.05) is 176 Å². The molecular weight excluding hydrogens is 813 g/mol. The number of aromatic nitrogens is 1. The second-order valence-electron chi connectivity index (χ2n) is 17.3. The summed E-state index contributed by atoms with van der Waals surface area (Å²) in [6.07, 6.45) is 0. The molecule has 0 saturated carbocycles. The number of benzene rings is 11. The number of furan rings is 1. The van der Waals surface area contributed by atoms with Crippen molar-refractivity contribution in [3.63, 3.8) is 0 Å². The van der Waals surface area contributed by atoms with E-state index < -0.39 is 0 Å². The normalized spacial score (nSPS) is 11.6. The molecule has 0 aliphatic rings. The molecule has 0 spiro atoms. The lowest BCUT2D eigenvalue weighted by molar-refractivity contribution is 0.670. The van der Waals surface area contributed by atoms with Crippen LogP contribution in [0.3, 0.4) is 0 Å². The van der Waals surface area contributed by atoms with E-state index in [2.05, 4.69) is 252 Å². The smallest absolute Gasteiger partial charge is 0.143 e. The number of rotatable bonds is 8. The van der Waals surface area contributed by atoms with Gasteiger partial charge in [-0.05, 0) is 129 Å². The Kier molecular flexibility index (Phi) is 9.17. The van der Waals surface area contributed by atoms with Crippen molar-refractivity contribution in [2.24, 2.45) is 0 Å². The Hall–Kier alpha value is -8.92. The molecule has 67 heavy (non-hydrogen) atoms. The van der Waals surface area contributed by atoms with Crippen molar-refractivity contribution in [3.05, 3.63) is 255 Å². The third-order valence-electron chi connectivity index (χ3n) is 13.4. The zero-order chi connectivity index (χ0) is 44.3. The average Bonchev–Trinajstić information content (AvgIpc) is 3.95. The molecule has 0 aliphatic heterocycles. The van der Waals surface area contributed by atoms with Crippen LogP contribution in [0.2, 0.25) is 0 Å². The molecule has 0 fully saturated rings. The first-order valence-corrected chi connectivity index (χ1v) is 22.9. The van der Waals surface area contributed by atoms with Crippen molar-refractivity contribution in [1.82, 2.24) is 4.57 Å². The highest BCUT2D eigenvalue weighted by atomic mass is 16.3. The monoisotopic (exact) mass is 854 g/mol. The van der Waals surface area contributed by atoms with E-state index in [0.29, 0.717) is 0 Å². The van der Waals surface area contributed by atoms with E-state index in [9.17, 15) is 0 Å². The predicted molar refractivity (Wildman–Crippen MR) is 282 cm³/mol. The van der Waals surface area contributed by atoms with Crippen LogP contribution >= 0.6 is 0 Å². The summed E-state index contributed by atoms with van der Waals surface area (Å²) in [5.41, 5.74) is 18.0. The van der Waals surface area contributed by atoms with E-state index in [0.717, 1.165) is 55.8 Å². The van der Waals surface area contributed by atoms with E-state index in [-0.39, 0.29) is 0 Å². The van der Waals surface area contributed by atoms with Crippen molar-refractivity contribution >= 4 is 71.6 Å². The van der Waals surface area contributed by atoms with Crippen LogP contribution in [0, 0.1) is 0 Å². The molecule has 314 valence electrons. The largest absolute Gasteiger partial charge is 0.455 e. The molecule has 13 aromatic rings. The molecule has 3 nitrogen and oxygen atoms in total. The van der Waals surface area contributed by atoms with Gasteiger partial charge in [0.15, 0.2) is 0 Å². The minimum Gasteiger partial charge on any atom is -0.455 e. The molecule has 0 atom stereocenters. The molecule has 0 N–H and O–H groups in total. The van der Waals surface area contributed by atoms with E-state index in [1.54, 1.807) is 0 Å². The summed E-state index contributed by atoms with van der Waals surface area (Å²) in [6, 6.07) is 91.9. The fraction of sp³-hybridized carbons (Fsp3) is 0. The standard InChI is InChI=1S/C64H42N2O/c1-3-12-43(13-4-1)45-24-32-52(33-25-45)65(53-34-26-46(27-35-53)44-14-5-2-6-15-44)54-36-28-47(29-37-54)49-31-39-62-60(42-49)57-16-7-9-20-61(57)66(62)55-38-30-48-22-23-50(40-51(48)41-55)56-18-11-19-59-58-17-8-10-21-63(58)67-64(56)59/h1-42H. The fourth-order valence-electron chi connectivity index (χ4n) is 10.1. The van der Waals surface area contributed by atoms with Crippen LogP contribution < -0.4 is 4.90 Å². The predicted octanol–water partition coefficient (Wildman–Crippen LogP) is 18.0. The van der Waals surface area contributed by atoms with Crippen molar-refractivity contribution in [2.75, 3.05) is 4.90 Å². The minimum atomic E-state index is 0.910. The third-order valence-corrected chi connectivity index (χ3v) is 13.4. The molecule has 2 heterocycles. The first-order valence-electron chi connectivity index (χ1n) is 22.9. The van der Waals surface area contributed by atoms with E-state index >= 15 is 0 Å². The number of nitrogens with zero attached hydrogens (tertiary/aromatic N) is 2. The summed E-state index contributed by atoms with van der Waals surface area (Å²) in [5, 5.41) is 7.11. The van der Waals surface area contributed by atoms with E-state index in [1.165, 1.54) is 66.0 Å². The molecular formula is C64H42N2O. The highest BCUT2D eigenvalue weighted by Crippen LogP contribution is 2.41. The van der Waals surface area contributed by atoms with Crippen LogP contribution in [-0.4, -0.2) is 4.57 Å². The average molecular weight is 855 g/mol. The molecule has 0 bridgehead atoms. The van der Waals surface area contributed by atoms with Crippen LogP contribution in [0.4, 0.5) is 17.1 Å². The van der Waals surface area contributed by atoms with Crippen molar-refractivity contribution < 1.29 is 4.42 Å². The highest BCUT2D eigenvalue weighted by molar-refractivity contribution is 6.12. The second-order valence-corrected chi connectivity index (χ2v) is 17.3. The van der Waals surface area contributed by atoms with Crippen LogP contribution in [0.25, 0.3) is 105 Å². The van der Waals surface area contributed by atoms with Gasteiger partial charge in [0.25, 0.3) is 0 Å². The maximum atomic E-state index is 6.45. The SMILES string of the molecule is c1ccc(-c2ccc(N(c3ccc(-c4ccccc4)cc3)c3ccc(-c4ccc5c(c4)c4ccccc4n5-c4ccc5ccc(-c6cccc7c6oc6ccccc67)cc5c4)cc3)cc2)cc1. The van der Waals surface area contributed by atoms with Gasteiger partial charge in [0.2, 0.25) is 0 Å². The van der Waals surface area contributed by atoms with Gasteiger partial charge in [0.1, 0.15) is 11.2 Å². The summed E-state index contributed by atoms with van der Waals surface area (Å²) >= 11 is 0. The van der Waals surface area contributed by atoms with Gasteiger partial charge in [-0.25, -0.2) is 0 Å². The lowest BCUT2D eigenvalue weighted by Gasteiger charge is -2.26. The van der Waals surface area contributed by atoms with Gasteiger partial charge in [-0.15, -0.1) is 0 Å². The van der Waals surface area contributed by atoms with Crippen molar-refractivity contribution in [2.45, 2.75) is 0 Å². The van der Waals surface area contributed by atoms with Crippen LogP contribution in [0.5, 0.6) is 0 Å². The lowest BCUT2D eigenvalue weighted by Crippen LogP contribution is -2.09. The number of fused-ring (bicyclic) bond motifs is 7. The van der Waals surface area contributed by atoms with Gasteiger partial charge in [-0.2, -0.15) is 0 Å². The van der Waals surface area contributed by atoms with Crippen LogP contribution in [0.15, 0.2) is 259 Å². The first-order chi connectivity index (χ1) is 33.2. The Morgan fingerprint density at radius 3 is 1.48 bits per heavy atom. The first kappa shape index (κ1) is 38.5. The highest BCUT2D eigenvalue weighted by Gasteiger charge is 2.18. The number of hydrogen-bond donors (Lipinski definition) is 0. The maximum absolute atomic E-state index is 6.45. The third kappa shape index (κ3) is 6.76. The number of para-hydroxylation sites is 3. The molecule has 3 heteroatoms. The summed E-state index contributed by atoms with van der Waals surface area (Å²) in [4.78, 5) is 2.34. The molecule has 2 aromatic heterocycles. The van der Waals surface area contributed by atoms with Crippen LogP contribution in [-0.2, 0) is 0 Å². The summed E-state index contributed by atoms with van der Waals surface area (Å²) in [7, 11) is 0. The zero-order valence-corrected chi connectivity index (χ0v) is 36.6. The fourth-order valence-corrected chi connectivity index (χ4v) is 10.1. The molecule has 13 rings (SSSR count). The number of anilines is 3. The Balaban J connectivity index is 0.862. The molecule has 0 unspecified atom stereocenters. The summed E-state index contributed by atoms with van der Waals surface area (Å²) in [5.74, 6) is 0. The van der Waals surface area contributed by atoms with Gasteiger partial charge < -0.3 is 13.9 Å². The van der Waals surface area contributed by atoms with Crippen molar-refractivity contribution in [3.8, 4) is 50.2 Å². The zero-order valence-electron chi connectivity index (χ0n) is 36.6. The second kappa shape index (κ2) is 16.0. The topological polar surface area (TPSA) is 21.3 Å². The number of hydrogen-bond acceptors (Lipinski definition) is 2. The van der Waals surface area contributed by atoms with E-state index in [4.69, 9.17) is 4.42 Å². The summed E-state index contributed by atoms with van der Waals surface area (Å²) < 4.78 is 8.86. The molecule has 0 radical (unpaired) electrons. The van der Waals surface area contributed by atoms with Gasteiger partial charge >= 0.3 is 0 Å². The molecule has 0 saturated heterocycles. The Morgan fingerprint density at radius 2 is 0.806 bits per heavy atom. The van der Waals surface area contributed by atoms with E-state index in [1.807, 2.05) is 12.1 Å². The Bertz CT molecular complexity index is 3860. The van der Waals surface area contributed by atoms with Gasteiger partial charge in [-0.3, -0.25) is 0 Å². The Morgan fingerprint density at radius 1 is 0.299 bits per heavy atom. The molecule has 0 aliphatic carbocycles. The maximum Gasteiger partial charge on any atom is 0.143 e. The summed E-state index contributed by atoms with van der Waals surface area (Å²) in [6.45, 7) is 0. The quantitative estimate of drug-likeness (QED) is 0.152. The molecule has 11 aromatic carbocycles. The Labute approximate surface area is 388 Å².